The Hall–Kier alpha value is -6.31. The first-order valence-corrected chi connectivity index (χ1v) is 20.8. The van der Waals surface area contributed by atoms with E-state index in [-0.39, 0.29) is 25.2 Å². The fourth-order valence-electron chi connectivity index (χ4n) is 6.64. The van der Waals surface area contributed by atoms with Crippen molar-refractivity contribution in [1.29, 1.82) is 0 Å². The second kappa shape index (κ2) is 23.6. The van der Waals surface area contributed by atoms with Gasteiger partial charge in [0.1, 0.15) is 36.3 Å². The van der Waals surface area contributed by atoms with Crippen LogP contribution < -0.4 is 37.6 Å². The van der Waals surface area contributed by atoms with Gasteiger partial charge in [0.05, 0.1) is 18.8 Å². The van der Waals surface area contributed by atoms with Crippen LogP contribution in [0.25, 0.3) is 10.9 Å². The van der Waals surface area contributed by atoms with E-state index in [1.807, 2.05) is 24.3 Å². The van der Waals surface area contributed by atoms with Crippen LogP contribution in [0.5, 0.6) is 0 Å². The number of hydrogen-bond donors (Lipinski definition) is 11. The number of aromatic nitrogens is 3. The van der Waals surface area contributed by atoms with Crippen molar-refractivity contribution in [2.24, 2.45) is 23.5 Å². The van der Waals surface area contributed by atoms with E-state index in [1.165, 1.54) is 19.4 Å². The first-order valence-electron chi connectivity index (χ1n) is 20.8. The molecule has 2 aromatic heterocycles. The first kappa shape index (κ1) is 50.0. The molecule has 12 N–H and O–H groups in total. The van der Waals surface area contributed by atoms with Crippen LogP contribution in [-0.4, -0.2) is 115 Å². The summed E-state index contributed by atoms with van der Waals surface area (Å²) in [5, 5.41) is 36.1. The van der Waals surface area contributed by atoms with E-state index in [0.717, 1.165) is 10.9 Å². The predicted octanol–water partition coefficient (Wildman–Crippen LogP) is 0.630. The molecular weight excluding hydrogens is 805 g/mol. The number of nitrogens with zero attached hydrogens (tertiary/aromatic N) is 1. The normalized spacial score (nSPS) is 15.7. The maximum atomic E-state index is 14.0. The van der Waals surface area contributed by atoms with Crippen molar-refractivity contribution in [3.05, 3.63) is 54.2 Å². The van der Waals surface area contributed by atoms with Crippen LogP contribution in [0.2, 0.25) is 0 Å². The Labute approximate surface area is 360 Å². The molecule has 0 aliphatic heterocycles. The number of hydrogen-bond acceptors (Lipinski definition) is 10. The van der Waals surface area contributed by atoms with Gasteiger partial charge in [-0.2, -0.15) is 0 Å². The van der Waals surface area contributed by atoms with Gasteiger partial charge in [0.2, 0.25) is 35.4 Å². The highest BCUT2D eigenvalue weighted by Crippen LogP contribution is 2.20. The molecule has 0 fully saturated rings. The Morgan fingerprint density at radius 3 is 1.74 bits per heavy atom. The molecule has 9 unspecified atom stereocenters. The molecule has 0 aliphatic rings. The minimum absolute atomic E-state index is 0.0336. The fraction of sp³-hybridized carbons (Fsp3) is 0.548. The van der Waals surface area contributed by atoms with Crippen LogP contribution in [0.15, 0.2) is 43.0 Å². The number of imidazole rings is 1. The number of carboxylic acids is 2. The molecule has 0 radical (unpaired) electrons. The third kappa shape index (κ3) is 14.7. The summed E-state index contributed by atoms with van der Waals surface area (Å²) in [4.78, 5) is 116. The van der Waals surface area contributed by atoms with Gasteiger partial charge in [-0.1, -0.05) is 72.6 Å². The van der Waals surface area contributed by atoms with Crippen LogP contribution in [0, 0.1) is 17.8 Å². The van der Waals surface area contributed by atoms with E-state index in [4.69, 9.17) is 5.73 Å². The van der Waals surface area contributed by atoms with E-state index < -0.39 is 108 Å². The third-order valence-corrected chi connectivity index (χ3v) is 10.7. The van der Waals surface area contributed by atoms with Gasteiger partial charge in [-0.15, -0.1) is 0 Å². The quantitative estimate of drug-likeness (QED) is 0.0559. The van der Waals surface area contributed by atoms with Gasteiger partial charge >= 0.3 is 11.9 Å². The number of nitrogens with two attached hydrogens (primary N) is 1. The zero-order valence-electron chi connectivity index (χ0n) is 36.2. The molecule has 20 heteroatoms. The largest absolute Gasteiger partial charge is 0.481 e. The van der Waals surface area contributed by atoms with Gasteiger partial charge in [-0.3, -0.25) is 33.6 Å². The third-order valence-electron chi connectivity index (χ3n) is 10.7. The van der Waals surface area contributed by atoms with Gasteiger partial charge in [0, 0.05) is 41.8 Å². The van der Waals surface area contributed by atoms with Crippen molar-refractivity contribution in [3.63, 3.8) is 0 Å². The van der Waals surface area contributed by atoms with Crippen LogP contribution in [0.3, 0.4) is 0 Å². The molecule has 0 bridgehead atoms. The fourth-order valence-corrected chi connectivity index (χ4v) is 6.64. The average Bonchev–Trinajstić information content (AvgIpc) is 3.89. The van der Waals surface area contributed by atoms with Gasteiger partial charge < -0.3 is 57.8 Å². The highest BCUT2D eigenvalue weighted by molar-refractivity contribution is 5.98. The predicted molar refractivity (Wildman–Crippen MR) is 228 cm³/mol. The number of carbonyl (C=O) groups is 8. The van der Waals surface area contributed by atoms with Crippen molar-refractivity contribution in [2.45, 2.75) is 129 Å². The Morgan fingerprint density at radius 1 is 0.661 bits per heavy atom. The zero-order chi connectivity index (χ0) is 46.3. The molecule has 0 spiro atoms. The number of H-pyrrole nitrogens is 2. The summed E-state index contributed by atoms with van der Waals surface area (Å²) in [5.41, 5.74) is 7.68. The number of para-hydroxylation sites is 1. The lowest BCUT2D eigenvalue weighted by molar-refractivity contribution is -0.142. The molecule has 62 heavy (non-hydrogen) atoms. The lowest BCUT2D eigenvalue weighted by Crippen LogP contribution is -2.61. The zero-order valence-corrected chi connectivity index (χ0v) is 36.2. The molecule has 1 aromatic carbocycles. The molecule has 20 nitrogen and oxygen atoms in total. The number of aliphatic carboxylic acids is 2. The first-order chi connectivity index (χ1) is 29.2. The van der Waals surface area contributed by atoms with Crippen LogP contribution >= 0.6 is 0 Å². The van der Waals surface area contributed by atoms with Crippen molar-refractivity contribution >= 4 is 58.3 Å². The number of benzene rings is 1. The summed E-state index contributed by atoms with van der Waals surface area (Å²) in [6, 6.07) is -1.77. The van der Waals surface area contributed by atoms with E-state index >= 15 is 0 Å². The second-order valence-corrected chi connectivity index (χ2v) is 16.2. The molecule has 3 rings (SSSR count). The summed E-state index contributed by atoms with van der Waals surface area (Å²) in [6.07, 6.45) is 4.35. The minimum atomic E-state index is -1.72. The lowest BCUT2D eigenvalue weighted by Gasteiger charge is -2.30. The van der Waals surface area contributed by atoms with Crippen molar-refractivity contribution in [3.8, 4) is 0 Å². The number of carboxylic acid groups (broad SMARTS) is 2. The number of carbonyl (C=O) groups excluding carboxylic acids is 6. The molecular formula is C42H62N10O10. The maximum absolute atomic E-state index is 14.0. The van der Waals surface area contributed by atoms with E-state index in [1.54, 1.807) is 47.7 Å². The highest BCUT2D eigenvalue weighted by Gasteiger charge is 2.37. The summed E-state index contributed by atoms with van der Waals surface area (Å²) >= 11 is 0. The second-order valence-electron chi connectivity index (χ2n) is 16.2. The van der Waals surface area contributed by atoms with Crippen molar-refractivity contribution in [2.75, 3.05) is 0 Å². The maximum Gasteiger partial charge on any atom is 0.326 e. The Morgan fingerprint density at radius 2 is 1.19 bits per heavy atom. The van der Waals surface area contributed by atoms with Crippen LogP contribution in [0.4, 0.5) is 0 Å². The molecule has 0 saturated heterocycles. The van der Waals surface area contributed by atoms with Crippen LogP contribution in [-0.2, 0) is 51.2 Å². The topological polar surface area (TPSA) is 320 Å². The highest BCUT2D eigenvalue weighted by atomic mass is 16.4. The monoisotopic (exact) mass is 866 g/mol. The number of aromatic amines is 2. The van der Waals surface area contributed by atoms with Gasteiger partial charge in [-0.25, -0.2) is 9.78 Å². The molecule has 340 valence electrons. The van der Waals surface area contributed by atoms with Crippen molar-refractivity contribution in [1.82, 2.24) is 46.9 Å². The average molecular weight is 867 g/mol. The summed E-state index contributed by atoms with van der Waals surface area (Å²) < 4.78 is 0. The van der Waals surface area contributed by atoms with Gasteiger partial charge in [0.15, 0.2) is 0 Å². The minimum Gasteiger partial charge on any atom is -0.481 e. The number of fused-ring (bicyclic) bond motifs is 1. The summed E-state index contributed by atoms with van der Waals surface area (Å²) in [6.45, 7) is 11.9. The molecule has 3 aromatic rings. The van der Waals surface area contributed by atoms with E-state index in [0.29, 0.717) is 24.1 Å². The Bertz CT molecular complexity index is 2020. The molecule has 2 heterocycles. The lowest BCUT2D eigenvalue weighted by atomic mass is 9.94. The number of amides is 6. The van der Waals surface area contributed by atoms with E-state index in [9.17, 15) is 48.6 Å². The molecule has 0 aliphatic carbocycles. The Kier molecular flexibility index (Phi) is 19.1. The summed E-state index contributed by atoms with van der Waals surface area (Å²) in [7, 11) is 0. The molecule has 6 amide bonds. The SMILES string of the molecule is CCC(C)C(NC(=O)C(CC(=O)O)NC(=O)C(CC(C)C)NC(=O)C(Cc1cnc[nH]1)NC(=O)C(C)N)C(=O)NC(C(=O)NC(Cc1c[nH]c2ccccc12)C(=O)O)C(C)CC. The van der Waals surface area contributed by atoms with Crippen LogP contribution in [0.1, 0.15) is 85.4 Å². The Balaban J connectivity index is 1.82. The number of rotatable bonds is 25. The summed E-state index contributed by atoms with van der Waals surface area (Å²) in [5.74, 6) is -8.84. The standard InChI is InChI=1S/C42H62N10O10/c1-8-22(5)34(40(59)50-32(42(61)62)15-25-18-45-28-13-11-10-12-27(25)28)52-41(60)35(23(6)9-2)51-39(58)31(17-33(53)54)49-37(56)29(14-21(3)4)48-38(57)30(47-36(55)24(7)43)16-26-19-44-20-46-26/h10-13,18-24,29-32,34-35,45H,8-9,14-17,43H2,1-7H3,(H,44,46)(H,47,55)(H,48,57)(H,49,56)(H,50,59)(H,51,58)(H,52,60)(H,53,54)(H,61,62). The van der Waals surface area contributed by atoms with Crippen molar-refractivity contribution < 1.29 is 48.6 Å². The molecule has 0 saturated carbocycles. The van der Waals surface area contributed by atoms with E-state index in [2.05, 4.69) is 46.9 Å². The number of nitrogens with one attached hydrogen (secondary N) is 8. The van der Waals surface area contributed by atoms with Gasteiger partial charge in [0.25, 0.3) is 0 Å². The van der Waals surface area contributed by atoms with Gasteiger partial charge in [-0.05, 0) is 42.7 Å². The molecule has 9 atom stereocenters. The smallest absolute Gasteiger partial charge is 0.326 e.